The lowest BCUT2D eigenvalue weighted by Crippen LogP contribution is -2.22. The van der Waals surface area contributed by atoms with Crippen LogP contribution in [0.2, 0.25) is 0 Å². The summed E-state index contributed by atoms with van der Waals surface area (Å²) in [6, 6.07) is 36.7. The Labute approximate surface area is 297 Å². The van der Waals surface area contributed by atoms with Crippen molar-refractivity contribution in [2.24, 2.45) is 0 Å². The molecule has 49 heavy (non-hydrogen) atoms. The topological polar surface area (TPSA) is 27.3 Å². The molecule has 0 spiro atoms. The van der Waals surface area contributed by atoms with Gasteiger partial charge in [0.25, 0.3) is 0 Å². The summed E-state index contributed by atoms with van der Waals surface area (Å²) in [5.74, 6) is -2.74. The predicted molar refractivity (Wildman–Crippen MR) is 192 cm³/mol. The monoisotopic (exact) mass is 707 g/mol. The Bertz CT molecular complexity index is 1710. The first kappa shape index (κ1) is 36.4. The van der Waals surface area contributed by atoms with E-state index in [4.69, 9.17) is 0 Å². The van der Waals surface area contributed by atoms with E-state index in [1.807, 2.05) is 6.07 Å². The number of nitrogens with one attached hydrogen (secondary N) is 2. The maximum absolute atomic E-state index is 13.6. The van der Waals surface area contributed by atoms with Crippen molar-refractivity contribution in [2.45, 2.75) is 62.9 Å². The van der Waals surface area contributed by atoms with Crippen LogP contribution in [0.15, 0.2) is 115 Å². The van der Waals surface area contributed by atoms with Gasteiger partial charge < -0.3 is 15.5 Å². The summed E-state index contributed by atoms with van der Waals surface area (Å²) in [5, 5.41) is 7.11. The van der Waals surface area contributed by atoms with Gasteiger partial charge in [0.05, 0.1) is 0 Å². The molecule has 2 aliphatic carbocycles. The molecule has 3 nitrogen and oxygen atoms in total. The highest BCUT2D eigenvalue weighted by atomic mass is 35.5. The first-order valence-electron chi connectivity index (χ1n) is 16.2. The number of benzene rings is 5. The van der Waals surface area contributed by atoms with Gasteiger partial charge >= 0.3 is 0 Å². The Kier molecular flexibility index (Phi) is 12.0. The Hall–Kier alpha value is -3.88. The van der Waals surface area contributed by atoms with Gasteiger partial charge in [-0.3, -0.25) is 0 Å². The van der Waals surface area contributed by atoms with Gasteiger partial charge in [-0.25, -0.2) is 17.6 Å². The van der Waals surface area contributed by atoms with E-state index in [-0.39, 0.29) is 48.7 Å². The lowest BCUT2D eigenvalue weighted by atomic mass is 10.1. The quantitative estimate of drug-likeness (QED) is 0.119. The average molecular weight is 709 g/mol. The first-order chi connectivity index (χ1) is 22.9. The van der Waals surface area contributed by atoms with E-state index in [0.29, 0.717) is 0 Å². The number of hydrogen-bond donors (Lipinski definition) is 2. The fourth-order valence-corrected chi connectivity index (χ4v) is 6.41. The number of hydrogen-bond acceptors (Lipinski definition) is 3. The summed E-state index contributed by atoms with van der Waals surface area (Å²) >= 11 is 0. The minimum atomic E-state index is -0.806. The molecule has 2 fully saturated rings. The highest BCUT2D eigenvalue weighted by Gasteiger charge is 2.39. The normalized spacial score (nSPS) is 19.0. The Morgan fingerprint density at radius 3 is 1.31 bits per heavy atom. The second-order valence-electron chi connectivity index (χ2n) is 12.8. The molecule has 2 aliphatic rings. The predicted octanol–water partition coefficient (Wildman–Crippen LogP) is 9.58. The van der Waals surface area contributed by atoms with Crippen LogP contribution in [-0.2, 0) is 26.2 Å². The van der Waals surface area contributed by atoms with Gasteiger partial charge in [0.15, 0.2) is 23.3 Å². The van der Waals surface area contributed by atoms with Crippen LogP contribution in [0.3, 0.4) is 0 Å². The molecule has 0 amide bonds. The molecule has 0 aromatic heterocycles. The van der Waals surface area contributed by atoms with Gasteiger partial charge in [-0.1, -0.05) is 78.9 Å². The van der Waals surface area contributed by atoms with E-state index in [9.17, 15) is 17.6 Å². The summed E-state index contributed by atoms with van der Waals surface area (Å²) in [4.78, 5) is 2.37. The van der Waals surface area contributed by atoms with E-state index in [2.05, 4.69) is 88.3 Å². The fraction of sp³-hybridized carbons (Fsp3) is 0.250. The largest absolute Gasteiger partial charge is 0.363 e. The summed E-state index contributed by atoms with van der Waals surface area (Å²) < 4.78 is 53.8. The van der Waals surface area contributed by atoms with Crippen LogP contribution in [0.5, 0.6) is 0 Å². The van der Waals surface area contributed by atoms with Gasteiger partial charge in [-0.2, -0.15) is 0 Å². The van der Waals surface area contributed by atoms with Crippen molar-refractivity contribution >= 4 is 30.5 Å². The lowest BCUT2D eigenvalue weighted by Gasteiger charge is -2.25. The third-order valence-electron chi connectivity index (χ3n) is 9.38. The summed E-state index contributed by atoms with van der Waals surface area (Å²) in [5.41, 5.74) is 7.63. The molecule has 9 heteroatoms. The fourth-order valence-electron chi connectivity index (χ4n) is 6.41. The van der Waals surface area contributed by atoms with Crippen molar-refractivity contribution in [3.63, 3.8) is 0 Å². The molecule has 0 unspecified atom stereocenters. The van der Waals surface area contributed by atoms with E-state index in [1.54, 1.807) is 12.1 Å². The van der Waals surface area contributed by atoms with Gasteiger partial charge in [-0.15, -0.1) is 24.8 Å². The van der Waals surface area contributed by atoms with Crippen molar-refractivity contribution in [3.05, 3.63) is 172 Å². The average Bonchev–Trinajstić information content (AvgIpc) is 4.03. The number of rotatable bonds is 13. The molecule has 256 valence electrons. The van der Waals surface area contributed by atoms with Crippen molar-refractivity contribution in [1.82, 2.24) is 10.6 Å². The van der Waals surface area contributed by atoms with Crippen molar-refractivity contribution in [3.8, 4) is 0 Å². The van der Waals surface area contributed by atoms with Crippen molar-refractivity contribution in [1.29, 1.82) is 0 Å². The maximum atomic E-state index is 13.6. The lowest BCUT2D eigenvalue weighted by molar-refractivity contribution is 0.507. The molecule has 7 rings (SSSR count). The molecule has 0 radical (unpaired) electrons. The first-order valence-corrected chi connectivity index (χ1v) is 16.2. The van der Waals surface area contributed by atoms with Gasteiger partial charge in [0.2, 0.25) is 0 Å². The third kappa shape index (κ3) is 9.22. The van der Waals surface area contributed by atoms with Crippen LogP contribution in [0.25, 0.3) is 0 Å². The molecule has 0 heterocycles. The van der Waals surface area contributed by atoms with Crippen LogP contribution >= 0.6 is 24.8 Å². The van der Waals surface area contributed by atoms with Crippen LogP contribution < -0.4 is 15.5 Å². The van der Waals surface area contributed by atoms with Gasteiger partial charge in [0, 0.05) is 55.8 Å². The van der Waals surface area contributed by atoms with Crippen LogP contribution in [0, 0.1) is 23.3 Å². The standard InChI is InChI=1S/C40H37F4N3.2ClH/c41-35-16-14-30(18-37(35)43)33-20-39(33)45-22-26-6-10-28(11-7-26)24-47(32-4-2-1-3-5-32)25-29-12-8-27(9-13-29)23-46-40-21-34(40)31-15-17-36(42)38(44)19-31;;/h1-19,33-34,39-40,45-46H,20-25H2;2*1H/t33-,34-,39+,40+;;/m0../s1. The van der Waals surface area contributed by atoms with Crippen LogP contribution in [0.1, 0.15) is 58.1 Å². The van der Waals surface area contributed by atoms with E-state index in [1.165, 1.54) is 46.5 Å². The minimum absolute atomic E-state index is 0. The SMILES string of the molecule is Cl.Cl.Fc1ccc([C@@H]2C[C@H]2NCc2ccc(CN(Cc3ccc(CN[C@@H]4C[C@H]4c4ccc(F)c(F)c4)cc3)c3ccccc3)cc2)cc1F. The second kappa shape index (κ2) is 16.2. The molecule has 5 aromatic carbocycles. The number of nitrogens with zero attached hydrogens (tertiary/aromatic N) is 1. The maximum Gasteiger partial charge on any atom is 0.159 e. The van der Waals surface area contributed by atoms with E-state index >= 15 is 0 Å². The van der Waals surface area contributed by atoms with Crippen molar-refractivity contribution < 1.29 is 17.6 Å². The zero-order valence-electron chi connectivity index (χ0n) is 26.8. The summed E-state index contributed by atoms with van der Waals surface area (Å²) in [6.45, 7) is 2.96. The smallest absolute Gasteiger partial charge is 0.159 e. The zero-order valence-corrected chi connectivity index (χ0v) is 28.4. The molecule has 2 saturated carbocycles. The molecular formula is C40H39Cl2F4N3. The van der Waals surface area contributed by atoms with E-state index < -0.39 is 23.3 Å². The number of halogens is 6. The number of para-hydroxylation sites is 1. The number of anilines is 1. The molecule has 5 aromatic rings. The molecule has 0 bridgehead atoms. The molecular weight excluding hydrogens is 669 g/mol. The van der Waals surface area contributed by atoms with Crippen LogP contribution in [0.4, 0.5) is 23.2 Å². The third-order valence-corrected chi connectivity index (χ3v) is 9.38. The Morgan fingerprint density at radius 1 is 0.490 bits per heavy atom. The zero-order chi connectivity index (χ0) is 32.3. The Balaban J connectivity index is 0.00000234. The highest BCUT2D eigenvalue weighted by molar-refractivity contribution is 5.85. The summed E-state index contributed by atoms with van der Waals surface area (Å²) in [6.07, 6.45) is 1.85. The van der Waals surface area contributed by atoms with Crippen molar-refractivity contribution in [2.75, 3.05) is 4.90 Å². The minimum Gasteiger partial charge on any atom is -0.363 e. The molecule has 0 aliphatic heterocycles. The van der Waals surface area contributed by atoms with Gasteiger partial charge in [0.1, 0.15) is 0 Å². The molecule has 2 N–H and O–H groups in total. The summed E-state index contributed by atoms with van der Waals surface area (Å²) in [7, 11) is 0. The second-order valence-corrected chi connectivity index (χ2v) is 12.8. The Morgan fingerprint density at radius 2 is 0.898 bits per heavy atom. The van der Waals surface area contributed by atoms with E-state index in [0.717, 1.165) is 55.8 Å². The molecule has 0 saturated heterocycles. The molecule has 4 atom stereocenters. The van der Waals surface area contributed by atoms with Crippen LogP contribution in [-0.4, -0.2) is 12.1 Å². The highest BCUT2D eigenvalue weighted by Crippen LogP contribution is 2.42. The van der Waals surface area contributed by atoms with Gasteiger partial charge in [-0.05, 0) is 82.6 Å².